The van der Waals surface area contributed by atoms with E-state index in [1.165, 1.54) is 25.7 Å². The molecule has 4 heteroatoms. The number of carbonyl (C=O) groups is 1. The molecule has 0 unspecified atom stereocenters. The van der Waals surface area contributed by atoms with Gasteiger partial charge in [-0.3, -0.25) is 4.90 Å². The Bertz CT molecular complexity index is 525. The van der Waals surface area contributed by atoms with Gasteiger partial charge in [0.05, 0.1) is 11.7 Å². The van der Waals surface area contributed by atoms with Gasteiger partial charge >= 0.3 is 5.97 Å². The first-order valence-corrected chi connectivity index (χ1v) is 8.36. The van der Waals surface area contributed by atoms with Crippen LogP contribution in [0.25, 0.3) is 0 Å². The molecule has 1 saturated heterocycles. The highest BCUT2D eigenvalue weighted by Crippen LogP contribution is 2.36. The van der Waals surface area contributed by atoms with Crippen molar-refractivity contribution in [3.63, 3.8) is 0 Å². The van der Waals surface area contributed by atoms with Gasteiger partial charge in [0.2, 0.25) is 0 Å². The molecular formula is C18H25NO3. The third-order valence-corrected chi connectivity index (χ3v) is 5.29. The highest BCUT2D eigenvalue weighted by Gasteiger charge is 2.34. The molecule has 0 bridgehead atoms. The van der Waals surface area contributed by atoms with Crippen molar-refractivity contribution >= 4 is 5.97 Å². The Morgan fingerprint density at radius 1 is 1.23 bits per heavy atom. The fraction of sp³-hybridized carbons (Fsp3) is 0.611. The Labute approximate surface area is 131 Å². The number of nitrogens with zero attached hydrogens (tertiary/aromatic N) is 1. The lowest BCUT2D eigenvalue weighted by atomic mass is 9.82. The molecule has 1 saturated carbocycles. The van der Waals surface area contributed by atoms with Crippen molar-refractivity contribution in [1.29, 1.82) is 0 Å². The molecule has 2 aliphatic rings. The van der Waals surface area contributed by atoms with Crippen LogP contribution >= 0.6 is 0 Å². The lowest BCUT2D eigenvalue weighted by Gasteiger charge is -2.39. The third kappa shape index (κ3) is 3.50. The average molecular weight is 303 g/mol. The van der Waals surface area contributed by atoms with Crippen LogP contribution in [0.5, 0.6) is 0 Å². The first-order valence-electron chi connectivity index (χ1n) is 8.36. The van der Waals surface area contributed by atoms with Crippen LogP contribution < -0.4 is 0 Å². The van der Waals surface area contributed by atoms with Gasteiger partial charge < -0.3 is 10.2 Å². The number of aromatic carboxylic acids is 1. The second-order valence-electron chi connectivity index (χ2n) is 6.81. The second-order valence-corrected chi connectivity index (χ2v) is 6.81. The number of piperidine rings is 1. The number of carboxylic acids is 1. The monoisotopic (exact) mass is 303 g/mol. The summed E-state index contributed by atoms with van der Waals surface area (Å²) in [6.45, 7) is 2.60. The molecule has 0 amide bonds. The molecule has 120 valence electrons. The number of hydrogen-bond donors (Lipinski definition) is 2. The molecule has 0 radical (unpaired) electrons. The number of rotatable bonds is 4. The summed E-state index contributed by atoms with van der Waals surface area (Å²) in [4.78, 5) is 13.4. The van der Waals surface area contributed by atoms with E-state index in [9.17, 15) is 9.90 Å². The first-order chi connectivity index (χ1) is 10.6. The molecule has 22 heavy (non-hydrogen) atoms. The van der Waals surface area contributed by atoms with E-state index in [0.717, 1.165) is 31.6 Å². The van der Waals surface area contributed by atoms with Gasteiger partial charge in [0.15, 0.2) is 0 Å². The van der Waals surface area contributed by atoms with Gasteiger partial charge in [0.1, 0.15) is 0 Å². The summed E-state index contributed by atoms with van der Waals surface area (Å²) in [6, 6.07) is 7.19. The van der Waals surface area contributed by atoms with Crippen LogP contribution in [0.4, 0.5) is 0 Å². The van der Waals surface area contributed by atoms with Crippen LogP contribution in [-0.2, 0) is 6.54 Å². The normalized spacial score (nSPS) is 27.1. The van der Waals surface area contributed by atoms with E-state index >= 15 is 0 Å². The Balaban J connectivity index is 1.65. The van der Waals surface area contributed by atoms with E-state index in [-0.39, 0.29) is 6.10 Å². The quantitative estimate of drug-likeness (QED) is 0.898. The minimum Gasteiger partial charge on any atom is -0.478 e. The van der Waals surface area contributed by atoms with Crippen LogP contribution in [-0.4, -0.2) is 40.3 Å². The van der Waals surface area contributed by atoms with Crippen molar-refractivity contribution < 1.29 is 15.0 Å². The Kier molecular flexibility index (Phi) is 4.79. The highest BCUT2D eigenvalue weighted by atomic mass is 16.4. The average Bonchev–Trinajstić information content (AvgIpc) is 3.03. The minimum absolute atomic E-state index is 0.162. The zero-order valence-corrected chi connectivity index (χ0v) is 12.9. The maximum Gasteiger partial charge on any atom is 0.335 e. The maximum atomic E-state index is 11.1. The Morgan fingerprint density at radius 3 is 2.73 bits per heavy atom. The topological polar surface area (TPSA) is 60.8 Å². The Morgan fingerprint density at radius 2 is 2.00 bits per heavy atom. The van der Waals surface area contributed by atoms with Crippen molar-refractivity contribution in [2.75, 3.05) is 13.1 Å². The summed E-state index contributed by atoms with van der Waals surface area (Å²) < 4.78 is 0. The predicted molar refractivity (Wildman–Crippen MR) is 84.8 cm³/mol. The number of benzene rings is 1. The van der Waals surface area contributed by atoms with E-state index < -0.39 is 5.97 Å². The fourth-order valence-electron chi connectivity index (χ4n) is 4.09. The van der Waals surface area contributed by atoms with Crippen LogP contribution in [0, 0.1) is 11.8 Å². The van der Waals surface area contributed by atoms with Gasteiger partial charge in [-0.2, -0.15) is 0 Å². The van der Waals surface area contributed by atoms with Gasteiger partial charge in [-0.1, -0.05) is 37.8 Å². The molecule has 1 aromatic carbocycles. The molecule has 0 spiro atoms. The molecule has 1 aliphatic carbocycles. The Hall–Kier alpha value is -1.39. The summed E-state index contributed by atoms with van der Waals surface area (Å²) in [7, 11) is 0. The molecule has 2 atom stereocenters. The summed E-state index contributed by atoms with van der Waals surface area (Å²) in [5.41, 5.74) is 1.39. The van der Waals surface area contributed by atoms with Gasteiger partial charge in [-0.25, -0.2) is 4.79 Å². The molecule has 3 rings (SSSR count). The number of aliphatic hydroxyl groups excluding tert-OH is 1. The SMILES string of the molecule is O=C(O)c1cccc(CN2CC[C@@H](O)[C@H](C3CCCC3)C2)c1. The van der Waals surface area contributed by atoms with Crippen molar-refractivity contribution in [1.82, 2.24) is 4.90 Å². The summed E-state index contributed by atoms with van der Waals surface area (Å²) in [5, 5.41) is 19.4. The molecule has 2 fully saturated rings. The lowest BCUT2D eigenvalue weighted by molar-refractivity contribution is -0.00271. The molecule has 2 N–H and O–H groups in total. The van der Waals surface area contributed by atoms with Gasteiger partial charge in [-0.05, 0) is 30.0 Å². The highest BCUT2D eigenvalue weighted by molar-refractivity contribution is 5.87. The molecule has 1 aromatic rings. The minimum atomic E-state index is -0.875. The second kappa shape index (κ2) is 6.80. The molecule has 0 aromatic heterocycles. The predicted octanol–water partition coefficient (Wildman–Crippen LogP) is 2.76. The standard InChI is InChI=1S/C18H25NO3/c20-17-8-9-19(12-16(17)14-5-1-2-6-14)11-13-4-3-7-15(10-13)18(21)22/h3-4,7,10,14,16-17,20H,1-2,5-6,8-9,11-12H2,(H,21,22)/t16-,17+/m0/s1. The first kappa shape index (κ1) is 15.5. The van der Waals surface area contributed by atoms with Crippen molar-refractivity contribution in [3.05, 3.63) is 35.4 Å². The maximum absolute atomic E-state index is 11.1. The summed E-state index contributed by atoms with van der Waals surface area (Å²) in [5.74, 6) is 0.182. The number of likely N-dealkylation sites (tertiary alicyclic amines) is 1. The van der Waals surface area contributed by atoms with Crippen molar-refractivity contribution in [3.8, 4) is 0 Å². The molecular weight excluding hydrogens is 278 g/mol. The van der Waals surface area contributed by atoms with Crippen LogP contribution in [0.2, 0.25) is 0 Å². The van der Waals surface area contributed by atoms with Crippen molar-refractivity contribution in [2.24, 2.45) is 11.8 Å². The van der Waals surface area contributed by atoms with E-state index in [1.807, 2.05) is 12.1 Å². The zero-order chi connectivity index (χ0) is 15.5. The zero-order valence-electron chi connectivity index (χ0n) is 12.9. The van der Waals surface area contributed by atoms with E-state index in [4.69, 9.17) is 5.11 Å². The molecule has 1 heterocycles. The smallest absolute Gasteiger partial charge is 0.335 e. The van der Waals surface area contributed by atoms with E-state index in [1.54, 1.807) is 12.1 Å². The van der Waals surface area contributed by atoms with Crippen molar-refractivity contribution in [2.45, 2.75) is 44.8 Å². The van der Waals surface area contributed by atoms with Crippen LogP contribution in [0.1, 0.15) is 48.0 Å². The number of aliphatic hydroxyl groups is 1. The largest absolute Gasteiger partial charge is 0.478 e. The van der Waals surface area contributed by atoms with Gasteiger partial charge in [-0.15, -0.1) is 0 Å². The van der Waals surface area contributed by atoms with Crippen LogP contribution in [0.3, 0.4) is 0 Å². The van der Waals surface area contributed by atoms with Crippen LogP contribution in [0.15, 0.2) is 24.3 Å². The fourth-order valence-corrected chi connectivity index (χ4v) is 4.09. The summed E-state index contributed by atoms with van der Waals surface area (Å²) in [6.07, 6.45) is 5.78. The lowest BCUT2D eigenvalue weighted by Crippen LogP contribution is -2.45. The summed E-state index contributed by atoms with van der Waals surface area (Å²) >= 11 is 0. The molecule has 4 nitrogen and oxygen atoms in total. The van der Waals surface area contributed by atoms with E-state index in [2.05, 4.69) is 4.90 Å². The van der Waals surface area contributed by atoms with Gasteiger partial charge in [0, 0.05) is 25.6 Å². The molecule has 1 aliphatic heterocycles. The van der Waals surface area contributed by atoms with Gasteiger partial charge in [0.25, 0.3) is 0 Å². The van der Waals surface area contributed by atoms with E-state index in [0.29, 0.717) is 17.4 Å². The number of hydrogen-bond acceptors (Lipinski definition) is 3. The third-order valence-electron chi connectivity index (χ3n) is 5.29. The number of carboxylic acid groups (broad SMARTS) is 1.